The fourth-order valence-electron chi connectivity index (χ4n) is 1.62. The van der Waals surface area contributed by atoms with E-state index >= 15 is 0 Å². The number of rotatable bonds is 4. The molecule has 0 bridgehead atoms. The first kappa shape index (κ1) is 17.8. The van der Waals surface area contributed by atoms with Crippen LogP contribution in [0, 0.1) is 0 Å². The van der Waals surface area contributed by atoms with Gasteiger partial charge in [0.15, 0.2) is 5.78 Å². The summed E-state index contributed by atoms with van der Waals surface area (Å²) in [6.07, 6.45) is 3.07. The van der Waals surface area contributed by atoms with Crippen molar-refractivity contribution in [2.75, 3.05) is 0 Å². The number of benzene rings is 2. The van der Waals surface area contributed by atoms with Gasteiger partial charge in [0.05, 0.1) is 4.90 Å². The van der Waals surface area contributed by atoms with E-state index in [0.29, 0.717) is 5.56 Å². The minimum atomic E-state index is -4.48. The first-order chi connectivity index (χ1) is 9.47. The van der Waals surface area contributed by atoms with E-state index in [1.807, 2.05) is 30.3 Å². The Bertz CT molecular complexity index is 735. The van der Waals surface area contributed by atoms with E-state index in [-0.39, 0.29) is 40.2 Å². The molecule has 0 fully saturated rings. The van der Waals surface area contributed by atoms with Crippen molar-refractivity contribution in [3.05, 3.63) is 71.8 Å². The zero-order valence-electron chi connectivity index (χ0n) is 11.4. The molecular formula is C15H11NaO4S. The minimum absolute atomic E-state index is 0. The largest absolute Gasteiger partial charge is 1.00 e. The molecule has 0 saturated carbocycles. The van der Waals surface area contributed by atoms with Gasteiger partial charge in [-0.1, -0.05) is 36.4 Å². The Kier molecular flexibility index (Phi) is 6.51. The Morgan fingerprint density at radius 3 is 2.05 bits per heavy atom. The fourth-order valence-corrected chi connectivity index (χ4v) is 2.09. The van der Waals surface area contributed by atoms with Crippen molar-refractivity contribution in [1.29, 1.82) is 0 Å². The summed E-state index contributed by atoms with van der Waals surface area (Å²) in [4.78, 5) is 11.5. The van der Waals surface area contributed by atoms with Crippen LogP contribution in [0.3, 0.4) is 0 Å². The molecule has 0 saturated heterocycles. The Morgan fingerprint density at radius 1 is 0.952 bits per heavy atom. The molecule has 2 rings (SSSR count). The minimum Gasteiger partial charge on any atom is -0.744 e. The maximum atomic E-state index is 11.9. The third kappa shape index (κ3) is 5.22. The van der Waals surface area contributed by atoms with Gasteiger partial charge in [-0.2, -0.15) is 0 Å². The molecule has 6 heteroatoms. The number of hydrogen-bond donors (Lipinski definition) is 0. The molecule has 0 spiro atoms. The predicted molar refractivity (Wildman–Crippen MR) is 74.2 cm³/mol. The van der Waals surface area contributed by atoms with E-state index in [9.17, 15) is 17.8 Å². The van der Waals surface area contributed by atoms with Gasteiger partial charge in [-0.3, -0.25) is 4.79 Å². The average Bonchev–Trinajstić information content (AvgIpc) is 2.45. The average molecular weight is 310 g/mol. The van der Waals surface area contributed by atoms with Crippen LogP contribution in [0.4, 0.5) is 0 Å². The number of carbonyl (C=O) groups excluding carboxylic acids is 1. The monoisotopic (exact) mass is 310 g/mol. The summed E-state index contributed by atoms with van der Waals surface area (Å²) < 4.78 is 32.3. The van der Waals surface area contributed by atoms with Gasteiger partial charge in [0.25, 0.3) is 0 Å². The van der Waals surface area contributed by atoms with E-state index in [0.717, 1.165) is 17.7 Å². The van der Waals surface area contributed by atoms with Gasteiger partial charge < -0.3 is 4.55 Å². The van der Waals surface area contributed by atoms with Gasteiger partial charge in [0.1, 0.15) is 10.1 Å². The SMILES string of the molecule is O=C(C=Cc1ccccc1)c1ccc(S(=O)(=O)[O-])cc1.[Na+]. The molecule has 0 atom stereocenters. The third-order valence-corrected chi connectivity index (χ3v) is 3.50. The summed E-state index contributed by atoms with van der Waals surface area (Å²) in [5, 5.41) is 0. The zero-order valence-corrected chi connectivity index (χ0v) is 14.2. The second kappa shape index (κ2) is 7.68. The summed E-state index contributed by atoms with van der Waals surface area (Å²) in [5.41, 5.74) is 1.21. The molecule has 0 aromatic heterocycles. The summed E-state index contributed by atoms with van der Waals surface area (Å²) >= 11 is 0. The topological polar surface area (TPSA) is 74.3 Å². The van der Waals surface area contributed by atoms with Crippen molar-refractivity contribution in [2.45, 2.75) is 4.90 Å². The summed E-state index contributed by atoms with van der Waals surface area (Å²) in [6, 6.07) is 14.2. The smallest absolute Gasteiger partial charge is 0.744 e. The van der Waals surface area contributed by atoms with Gasteiger partial charge in [0.2, 0.25) is 0 Å². The number of carbonyl (C=O) groups is 1. The van der Waals surface area contributed by atoms with E-state index in [1.165, 1.54) is 18.2 Å². The normalized spacial score (nSPS) is 11.1. The molecule has 0 aliphatic carbocycles. The standard InChI is InChI=1S/C15H12O4S.Na/c16-15(11-6-12-4-2-1-3-5-12)13-7-9-14(10-8-13)20(17,18)19;/h1-11H,(H,17,18,19);/q;+1/p-1. The third-order valence-electron chi connectivity index (χ3n) is 2.65. The van der Waals surface area contributed by atoms with Crippen LogP contribution in [0.15, 0.2) is 65.6 Å². The Labute approximate surface area is 145 Å². The molecule has 2 aromatic rings. The molecule has 0 N–H and O–H groups in total. The molecule has 0 aliphatic rings. The van der Waals surface area contributed by atoms with Crippen LogP contribution in [-0.4, -0.2) is 18.8 Å². The van der Waals surface area contributed by atoms with Crippen molar-refractivity contribution < 1.29 is 47.3 Å². The molecule has 0 heterocycles. The van der Waals surface area contributed by atoms with Gasteiger partial charge in [-0.15, -0.1) is 0 Å². The van der Waals surface area contributed by atoms with Crippen molar-refractivity contribution in [1.82, 2.24) is 0 Å². The molecule has 2 aromatic carbocycles. The maximum absolute atomic E-state index is 11.9. The van der Waals surface area contributed by atoms with Crippen LogP contribution in [0.1, 0.15) is 15.9 Å². The van der Waals surface area contributed by atoms with E-state index in [1.54, 1.807) is 6.08 Å². The number of allylic oxidation sites excluding steroid dienone is 1. The Hall–Kier alpha value is -1.24. The molecule has 0 aliphatic heterocycles. The molecule has 0 radical (unpaired) electrons. The van der Waals surface area contributed by atoms with Crippen molar-refractivity contribution in [3.63, 3.8) is 0 Å². The van der Waals surface area contributed by atoms with Crippen LogP contribution in [-0.2, 0) is 10.1 Å². The summed E-state index contributed by atoms with van der Waals surface area (Å²) in [6.45, 7) is 0. The Balaban J connectivity index is 0.00000220. The summed E-state index contributed by atoms with van der Waals surface area (Å²) in [5.74, 6) is -0.260. The molecular weight excluding hydrogens is 299 g/mol. The quantitative estimate of drug-likeness (QED) is 0.330. The fraction of sp³-hybridized carbons (Fsp3) is 0. The molecule has 0 amide bonds. The van der Waals surface area contributed by atoms with Crippen molar-refractivity contribution in [3.8, 4) is 0 Å². The van der Waals surface area contributed by atoms with Crippen molar-refractivity contribution in [2.24, 2.45) is 0 Å². The van der Waals surface area contributed by atoms with Crippen molar-refractivity contribution >= 4 is 22.0 Å². The van der Waals surface area contributed by atoms with Crippen LogP contribution >= 0.6 is 0 Å². The molecule has 102 valence electrons. The van der Waals surface area contributed by atoms with Crippen LogP contribution in [0.25, 0.3) is 6.08 Å². The van der Waals surface area contributed by atoms with Gasteiger partial charge >= 0.3 is 29.6 Å². The first-order valence-electron chi connectivity index (χ1n) is 5.80. The maximum Gasteiger partial charge on any atom is 1.00 e. The van der Waals surface area contributed by atoms with Gasteiger partial charge in [0, 0.05) is 5.56 Å². The van der Waals surface area contributed by atoms with Crippen LogP contribution in [0.2, 0.25) is 0 Å². The van der Waals surface area contributed by atoms with Crippen LogP contribution < -0.4 is 29.6 Å². The predicted octanol–water partition coefficient (Wildman–Crippen LogP) is -0.509. The molecule has 21 heavy (non-hydrogen) atoms. The number of hydrogen-bond acceptors (Lipinski definition) is 4. The zero-order chi connectivity index (χ0) is 14.6. The second-order valence-corrected chi connectivity index (χ2v) is 5.47. The number of ketones is 1. The second-order valence-electron chi connectivity index (χ2n) is 4.09. The molecule has 4 nitrogen and oxygen atoms in total. The summed E-state index contributed by atoms with van der Waals surface area (Å²) in [7, 11) is -4.48. The first-order valence-corrected chi connectivity index (χ1v) is 7.21. The molecule has 0 unspecified atom stereocenters. The Morgan fingerprint density at radius 2 is 1.52 bits per heavy atom. The van der Waals surface area contributed by atoms with Gasteiger partial charge in [-0.05, 0) is 35.9 Å². The van der Waals surface area contributed by atoms with Gasteiger partial charge in [-0.25, -0.2) is 8.42 Å². The van der Waals surface area contributed by atoms with E-state index < -0.39 is 10.1 Å². The van der Waals surface area contributed by atoms with Crippen LogP contribution in [0.5, 0.6) is 0 Å². The van der Waals surface area contributed by atoms with E-state index in [2.05, 4.69) is 0 Å². The van der Waals surface area contributed by atoms with E-state index in [4.69, 9.17) is 0 Å².